The van der Waals surface area contributed by atoms with Crippen LogP contribution >= 0.6 is 11.8 Å². The number of aryl methyl sites for hydroxylation is 1. The largest absolute Gasteiger partial charge is 0.333 e. The van der Waals surface area contributed by atoms with Gasteiger partial charge in [0.25, 0.3) is 0 Å². The number of thioether (sulfide) groups is 1. The van der Waals surface area contributed by atoms with E-state index in [0.717, 1.165) is 22.5 Å². The minimum atomic E-state index is -0.0633. The van der Waals surface area contributed by atoms with Crippen LogP contribution in [0.3, 0.4) is 0 Å². The first-order valence-corrected chi connectivity index (χ1v) is 5.65. The number of aldehydes is 1. The molecule has 0 aliphatic rings. The highest BCUT2D eigenvalue weighted by molar-refractivity contribution is 8.00. The number of nitrogens with zero attached hydrogens (tertiary/aromatic N) is 1. The Balaban J connectivity index is 2.34. The highest BCUT2D eigenvalue weighted by Gasteiger charge is 2.07. The van der Waals surface area contributed by atoms with Gasteiger partial charge in [0, 0.05) is 0 Å². The van der Waals surface area contributed by atoms with E-state index in [1.807, 2.05) is 26.0 Å². The molecule has 0 aliphatic heterocycles. The number of carbonyl (C=O) groups is 1. The SMILES string of the molecule is Cc1ccc2nc(SC(C)C=O)[nH]c2c1. The molecule has 0 aliphatic carbocycles. The van der Waals surface area contributed by atoms with Crippen LogP contribution in [0.25, 0.3) is 11.0 Å². The Morgan fingerprint density at radius 2 is 2.33 bits per heavy atom. The zero-order valence-corrected chi connectivity index (χ0v) is 9.47. The summed E-state index contributed by atoms with van der Waals surface area (Å²) in [4.78, 5) is 18.1. The molecule has 1 unspecified atom stereocenters. The van der Waals surface area contributed by atoms with E-state index in [1.165, 1.54) is 17.3 Å². The van der Waals surface area contributed by atoms with Crippen molar-refractivity contribution in [3.63, 3.8) is 0 Å². The number of H-pyrrole nitrogens is 1. The summed E-state index contributed by atoms with van der Waals surface area (Å²) in [6.07, 6.45) is 0.920. The molecule has 78 valence electrons. The molecule has 4 heteroatoms. The lowest BCUT2D eigenvalue weighted by atomic mass is 10.2. The Morgan fingerprint density at radius 3 is 3.07 bits per heavy atom. The van der Waals surface area contributed by atoms with Gasteiger partial charge in [-0.25, -0.2) is 4.98 Å². The van der Waals surface area contributed by atoms with Gasteiger partial charge in [-0.15, -0.1) is 0 Å². The van der Waals surface area contributed by atoms with Crippen molar-refractivity contribution < 1.29 is 4.79 Å². The van der Waals surface area contributed by atoms with Gasteiger partial charge < -0.3 is 9.78 Å². The number of fused-ring (bicyclic) bond motifs is 1. The van der Waals surface area contributed by atoms with Crippen LogP contribution in [0.2, 0.25) is 0 Å². The normalized spacial score (nSPS) is 12.9. The van der Waals surface area contributed by atoms with Gasteiger partial charge in [0.1, 0.15) is 6.29 Å². The van der Waals surface area contributed by atoms with Crippen molar-refractivity contribution in [3.8, 4) is 0 Å². The van der Waals surface area contributed by atoms with E-state index in [0.29, 0.717) is 0 Å². The lowest BCUT2D eigenvalue weighted by molar-refractivity contribution is -0.107. The molecule has 2 aromatic rings. The average molecular weight is 220 g/mol. The Hall–Kier alpha value is -1.29. The monoisotopic (exact) mass is 220 g/mol. The number of hydrogen-bond donors (Lipinski definition) is 1. The van der Waals surface area contributed by atoms with Crippen LogP contribution < -0.4 is 0 Å². The zero-order valence-electron chi connectivity index (χ0n) is 8.65. The second-order valence-corrected chi connectivity index (χ2v) is 4.89. The van der Waals surface area contributed by atoms with Gasteiger partial charge in [0.05, 0.1) is 16.3 Å². The molecule has 0 radical (unpaired) electrons. The summed E-state index contributed by atoms with van der Waals surface area (Å²) >= 11 is 1.44. The molecule has 0 fully saturated rings. The van der Waals surface area contributed by atoms with Crippen molar-refractivity contribution in [2.24, 2.45) is 0 Å². The summed E-state index contributed by atoms with van der Waals surface area (Å²) in [5.74, 6) is 0. The number of benzene rings is 1. The van der Waals surface area contributed by atoms with Gasteiger partial charge in [0.15, 0.2) is 5.16 Å². The van der Waals surface area contributed by atoms with E-state index in [9.17, 15) is 4.79 Å². The predicted molar refractivity (Wildman–Crippen MR) is 62.2 cm³/mol. The number of aromatic amines is 1. The number of imidazole rings is 1. The maximum Gasteiger partial charge on any atom is 0.167 e. The molecule has 1 atom stereocenters. The fourth-order valence-corrected chi connectivity index (χ4v) is 2.09. The first-order valence-electron chi connectivity index (χ1n) is 4.77. The second kappa shape index (κ2) is 4.06. The third-order valence-corrected chi connectivity index (χ3v) is 3.00. The third-order valence-electron chi connectivity index (χ3n) is 2.10. The molecular weight excluding hydrogens is 208 g/mol. The summed E-state index contributed by atoms with van der Waals surface area (Å²) in [7, 11) is 0. The molecule has 0 saturated heterocycles. The van der Waals surface area contributed by atoms with Crippen molar-refractivity contribution in [2.75, 3.05) is 0 Å². The molecular formula is C11H12N2OS. The number of hydrogen-bond acceptors (Lipinski definition) is 3. The molecule has 0 amide bonds. The summed E-state index contributed by atoms with van der Waals surface area (Å²) in [5.41, 5.74) is 3.17. The Bertz CT molecular complexity index is 492. The van der Waals surface area contributed by atoms with Crippen LogP contribution in [-0.2, 0) is 4.79 Å². The highest BCUT2D eigenvalue weighted by Crippen LogP contribution is 2.22. The van der Waals surface area contributed by atoms with Crippen LogP contribution in [-0.4, -0.2) is 21.5 Å². The highest BCUT2D eigenvalue weighted by atomic mass is 32.2. The maximum atomic E-state index is 10.5. The quantitative estimate of drug-likeness (QED) is 0.638. The van der Waals surface area contributed by atoms with Crippen LogP contribution in [0.4, 0.5) is 0 Å². The molecule has 3 nitrogen and oxygen atoms in total. The van der Waals surface area contributed by atoms with Gasteiger partial charge in [0.2, 0.25) is 0 Å². The third kappa shape index (κ3) is 2.21. The minimum Gasteiger partial charge on any atom is -0.333 e. The fourth-order valence-electron chi connectivity index (χ4n) is 1.36. The summed E-state index contributed by atoms with van der Waals surface area (Å²) in [6.45, 7) is 3.90. The van der Waals surface area contributed by atoms with E-state index in [-0.39, 0.29) is 5.25 Å². The van der Waals surface area contributed by atoms with E-state index in [4.69, 9.17) is 0 Å². The number of aromatic nitrogens is 2. The van der Waals surface area contributed by atoms with E-state index in [1.54, 1.807) is 0 Å². The molecule has 1 aromatic carbocycles. The smallest absolute Gasteiger partial charge is 0.167 e. The van der Waals surface area contributed by atoms with Crippen LogP contribution in [0.1, 0.15) is 12.5 Å². The zero-order chi connectivity index (χ0) is 10.8. The second-order valence-electron chi connectivity index (χ2n) is 3.52. The summed E-state index contributed by atoms with van der Waals surface area (Å²) < 4.78 is 0. The molecule has 0 saturated carbocycles. The van der Waals surface area contributed by atoms with Gasteiger partial charge in [-0.1, -0.05) is 17.8 Å². The van der Waals surface area contributed by atoms with Gasteiger partial charge in [-0.3, -0.25) is 0 Å². The molecule has 1 heterocycles. The molecule has 0 spiro atoms. The van der Waals surface area contributed by atoms with E-state index >= 15 is 0 Å². The van der Waals surface area contributed by atoms with Crippen LogP contribution in [0.15, 0.2) is 23.4 Å². The van der Waals surface area contributed by atoms with Crippen molar-refractivity contribution in [1.82, 2.24) is 9.97 Å². The maximum absolute atomic E-state index is 10.5. The van der Waals surface area contributed by atoms with Crippen molar-refractivity contribution in [1.29, 1.82) is 0 Å². The fraction of sp³-hybridized carbons (Fsp3) is 0.273. The summed E-state index contributed by atoms with van der Waals surface area (Å²) in [6, 6.07) is 6.07. The van der Waals surface area contributed by atoms with Crippen molar-refractivity contribution in [2.45, 2.75) is 24.3 Å². The Kier molecular flexibility index (Phi) is 2.77. The standard InChI is InChI=1S/C11H12N2OS/c1-7-3-4-9-10(5-7)13-11(12-9)15-8(2)6-14/h3-6,8H,1-2H3,(H,12,13). The topological polar surface area (TPSA) is 45.8 Å². The van der Waals surface area contributed by atoms with Crippen molar-refractivity contribution >= 4 is 29.1 Å². The lowest BCUT2D eigenvalue weighted by Crippen LogP contribution is -1.96. The van der Waals surface area contributed by atoms with E-state index in [2.05, 4.69) is 16.0 Å². The Labute approximate surface area is 92.3 Å². The van der Waals surface area contributed by atoms with Gasteiger partial charge in [-0.2, -0.15) is 0 Å². The van der Waals surface area contributed by atoms with Crippen LogP contribution in [0, 0.1) is 6.92 Å². The minimum absolute atomic E-state index is 0.0633. The van der Waals surface area contributed by atoms with Gasteiger partial charge >= 0.3 is 0 Å². The number of carbonyl (C=O) groups excluding carboxylic acids is 1. The molecule has 1 N–H and O–H groups in total. The first-order chi connectivity index (χ1) is 7.19. The number of nitrogens with one attached hydrogen (secondary N) is 1. The molecule has 1 aromatic heterocycles. The lowest BCUT2D eigenvalue weighted by Gasteiger charge is -1.97. The van der Waals surface area contributed by atoms with Gasteiger partial charge in [-0.05, 0) is 31.5 Å². The molecule has 2 rings (SSSR count). The molecule has 0 bridgehead atoms. The number of rotatable bonds is 3. The first kappa shape index (κ1) is 10.2. The predicted octanol–water partition coefficient (Wildman–Crippen LogP) is 2.55. The van der Waals surface area contributed by atoms with E-state index < -0.39 is 0 Å². The van der Waals surface area contributed by atoms with Crippen molar-refractivity contribution in [3.05, 3.63) is 23.8 Å². The molecule has 15 heavy (non-hydrogen) atoms. The van der Waals surface area contributed by atoms with Crippen LogP contribution in [0.5, 0.6) is 0 Å². The summed E-state index contributed by atoms with van der Waals surface area (Å²) in [5, 5.41) is 0.738. The Morgan fingerprint density at radius 1 is 1.53 bits per heavy atom. The average Bonchev–Trinajstić information content (AvgIpc) is 2.59.